The quantitative estimate of drug-likeness (QED) is 0.736. The highest BCUT2D eigenvalue weighted by atomic mass is 32.2. The summed E-state index contributed by atoms with van der Waals surface area (Å²) >= 11 is 1.12. The number of carboxylic acid groups (broad SMARTS) is 1. The number of carbonyl (C=O) groups excluding carboxylic acids is 2. The maximum absolute atomic E-state index is 11.8. The van der Waals surface area contributed by atoms with Crippen LogP contribution in [-0.4, -0.2) is 51.1 Å². The summed E-state index contributed by atoms with van der Waals surface area (Å²) in [5, 5.41) is 9.02. The van der Waals surface area contributed by atoms with Crippen molar-refractivity contribution in [1.29, 1.82) is 0 Å². The van der Waals surface area contributed by atoms with E-state index in [1.807, 2.05) is 0 Å². The largest absolute Gasteiger partial charge is 0.480 e. The zero-order chi connectivity index (χ0) is 13.2. The third-order valence-corrected chi connectivity index (χ3v) is 3.98. The summed E-state index contributed by atoms with van der Waals surface area (Å²) in [5.74, 6) is -1.95. The second kappa shape index (κ2) is 4.95. The fourth-order valence-corrected chi connectivity index (χ4v) is 3.15. The lowest BCUT2D eigenvalue weighted by atomic mass is 10.2. The molecule has 0 saturated carbocycles. The van der Waals surface area contributed by atoms with Crippen LogP contribution in [0.3, 0.4) is 0 Å². The number of hydrogen-bond acceptors (Lipinski definition) is 5. The van der Waals surface area contributed by atoms with E-state index in [1.54, 1.807) is 6.92 Å². The molecule has 96 valence electrons. The Kier molecular flexibility index (Phi) is 4.03. The van der Waals surface area contributed by atoms with Crippen molar-refractivity contribution in [2.75, 3.05) is 12.4 Å². The van der Waals surface area contributed by atoms with E-state index in [1.165, 1.54) is 13.8 Å². The molecule has 6 nitrogen and oxygen atoms in total. The molecule has 0 spiro atoms. The second-order valence-corrected chi connectivity index (χ2v) is 5.17. The van der Waals surface area contributed by atoms with Gasteiger partial charge in [-0.1, -0.05) is 0 Å². The number of carbonyl (C=O) groups is 3. The lowest BCUT2D eigenvalue weighted by molar-refractivity contribution is -0.160. The van der Waals surface area contributed by atoms with Gasteiger partial charge in [0.05, 0.1) is 6.61 Å². The van der Waals surface area contributed by atoms with Gasteiger partial charge in [0, 0.05) is 12.7 Å². The topological polar surface area (TPSA) is 83.9 Å². The van der Waals surface area contributed by atoms with Crippen LogP contribution < -0.4 is 0 Å². The third kappa shape index (κ3) is 2.38. The maximum Gasteiger partial charge on any atom is 0.342 e. The molecule has 1 aliphatic rings. The Balaban J connectivity index is 3.04. The first kappa shape index (κ1) is 13.8. The van der Waals surface area contributed by atoms with Crippen LogP contribution >= 0.6 is 11.8 Å². The first-order chi connectivity index (χ1) is 7.84. The van der Waals surface area contributed by atoms with E-state index in [0.29, 0.717) is 0 Å². The highest BCUT2D eigenvalue weighted by Gasteiger charge is 2.54. The van der Waals surface area contributed by atoms with E-state index in [4.69, 9.17) is 9.84 Å². The Hall–Kier alpha value is -1.24. The molecule has 2 atom stereocenters. The first-order valence-electron chi connectivity index (χ1n) is 5.18. The van der Waals surface area contributed by atoms with Crippen molar-refractivity contribution in [3.05, 3.63) is 0 Å². The molecule has 0 aromatic heterocycles. The summed E-state index contributed by atoms with van der Waals surface area (Å²) < 4.78 is 4.89. The molecule has 0 aromatic rings. The summed E-state index contributed by atoms with van der Waals surface area (Å²) in [6.45, 7) is 4.62. The van der Waals surface area contributed by atoms with Crippen LogP contribution in [0.25, 0.3) is 0 Å². The van der Waals surface area contributed by atoms with Crippen molar-refractivity contribution in [3.8, 4) is 0 Å². The van der Waals surface area contributed by atoms with Gasteiger partial charge in [0.15, 0.2) is 4.87 Å². The standard InChI is InChI=1S/C10H15NO5S/c1-4-16-9(15)10(3)11(6(2)12)7(5-17-10)8(13)14/h7H,4-5H2,1-3H3,(H,13,14)/t7-,10-/m0/s1. The number of amides is 1. The van der Waals surface area contributed by atoms with Crippen molar-refractivity contribution in [2.45, 2.75) is 31.7 Å². The van der Waals surface area contributed by atoms with Crippen LogP contribution in [0, 0.1) is 0 Å². The second-order valence-electron chi connectivity index (χ2n) is 3.76. The van der Waals surface area contributed by atoms with Gasteiger partial charge in [0.1, 0.15) is 6.04 Å². The molecule has 1 heterocycles. The van der Waals surface area contributed by atoms with Gasteiger partial charge >= 0.3 is 11.9 Å². The SMILES string of the molecule is CCOC(=O)[C@]1(C)SC[C@@H](C(=O)O)N1C(C)=O. The summed E-state index contributed by atoms with van der Waals surface area (Å²) in [7, 11) is 0. The lowest BCUT2D eigenvalue weighted by Gasteiger charge is -2.33. The Bertz CT molecular complexity index is 359. The Morgan fingerprint density at radius 2 is 2.12 bits per heavy atom. The molecule has 0 bridgehead atoms. The van der Waals surface area contributed by atoms with E-state index in [-0.39, 0.29) is 12.4 Å². The Labute approximate surface area is 103 Å². The smallest absolute Gasteiger partial charge is 0.342 e. The van der Waals surface area contributed by atoms with E-state index in [9.17, 15) is 14.4 Å². The predicted molar refractivity (Wildman–Crippen MR) is 61.4 cm³/mol. The number of aliphatic carboxylic acids is 1. The fraction of sp³-hybridized carbons (Fsp3) is 0.700. The summed E-state index contributed by atoms with van der Waals surface area (Å²) in [4.78, 5) is 34.2. The van der Waals surface area contributed by atoms with Crippen LogP contribution in [0.15, 0.2) is 0 Å². The molecular formula is C10H15NO5S. The van der Waals surface area contributed by atoms with Crippen LogP contribution in [0.1, 0.15) is 20.8 Å². The van der Waals surface area contributed by atoms with Crippen molar-refractivity contribution >= 4 is 29.6 Å². The van der Waals surface area contributed by atoms with Crippen molar-refractivity contribution < 1.29 is 24.2 Å². The molecule has 1 saturated heterocycles. The molecule has 1 amide bonds. The maximum atomic E-state index is 11.8. The minimum absolute atomic E-state index is 0.185. The van der Waals surface area contributed by atoms with Gasteiger partial charge in [-0.2, -0.15) is 0 Å². The molecule has 0 unspecified atom stereocenters. The molecule has 1 aliphatic heterocycles. The van der Waals surface area contributed by atoms with E-state index < -0.39 is 28.8 Å². The fourth-order valence-electron chi connectivity index (χ4n) is 1.81. The van der Waals surface area contributed by atoms with Crippen LogP contribution in [0.4, 0.5) is 0 Å². The van der Waals surface area contributed by atoms with Crippen LogP contribution in [-0.2, 0) is 19.1 Å². The van der Waals surface area contributed by atoms with E-state index >= 15 is 0 Å². The van der Waals surface area contributed by atoms with E-state index in [2.05, 4.69) is 0 Å². The first-order valence-corrected chi connectivity index (χ1v) is 6.17. The van der Waals surface area contributed by atoms with Crippen LogP contribution in [0.2, 0.25) is 0 Å². The van der Waals surface area contributed by atoms with Crippen molar-refractivity contribution in [2.24, 2.45) is 0 Å². The number of ether oxygens (including phenoxy) is 1. The number of esters is 1. The van der Waals surface area contributed by atoms with Gasteiger partial charge in [-0.05, 0) is 13.8 Å². The minimum Gasteiger partial charge on any atom is -0.480 e. The molecule has 17 heavy (non-hydrogen) atoms. The van der Waals surface area contributed by atoms with Crippen molar-refractivity contribution in [1.82, 2.24) is 4.90 Å². The molecule has 1 fully saturated rings. The zero-order valence-electron chi connectivity index (χ0n) is 9.93. The molecule has 1 rings (SSSR count). The monoisotopic (exact) mass is 261 g/mol. The Morgan fingerprint density at radius 3 is 2.53 bits per heavy atom. The summed E-state index contributed by atoms with van der Waals surface area (Å²) in [6.07, 6.45) is 0. The van der Waals surface area contributed by atoms with Crippen LogP contribution in [0.5, 0.6) is 0 Å². The highest BCUT2D eigenvalue weighted by molar-refractivity contribution is 8.01. The van der Waals surface area contributed by atoms with Gasteiger partial charge in [-0.25, -0.2) is 9.59 Å². The number of thioether (sulfide) groups is 1. The average Bonchev–Trinajstić information content (AvgIpc) is 2.58. The van der Waals surface area contributed by atoms with Gasteiger partial charge < -0.3 is 14.7 Å². The molecule has 0 aliphatic carbocycles. The number of rotatable bonds is 3. The summed E-state index contributed by atoms with van der Waals surface area (Å²) in [6, 6.07) is -0.980. The molecule has 7 heteroatoms. The number of nitrogens with zero attached hydrogens (tertiary/aromatic N) is 1. The van der Waals surface area contributed by atoms with Gasteiger partial charge in [-0.3, -0.25) is 4.79 Å². The van der Waals surface area contributed by atoms with Gasteiger partial charge in [0.2, 0.25) is 5.91 Å². The molecular weight excluding hydrogens is 246 g/mol. The third-order valence-electron chi connectivity index (χ3n) is 2.57. The van der Waals surface area contributed by atoms with Crippen molar-refractivity contribution in [3.63, 3.8) is 0 Å². The zero-order valence-corrected chi connectivity index (χ0v) is 10.7. The Morgan fingerprint density at radius 1 is 1.53 bits per heavy atom. The van der Waals surface area contributed by atoms with E-state index in [0.717, 1.165) is 16.7 Å². The minimum atomic E-state index is -1.25. The number of hydrogen-bond donors (Lipinski definition) is 1. The number of carboxylic acids is 1. The highest BCUT2D eigenvalue weighted by Crippen LogP contribution is 2.40. The molecule has 0 radical (unpaired) electrons. The summed E-state index contributed by atoms with van der Waals surface area (Å²) in [5.41, 5.74) is 0. The molecule has 0 aromatic carbocycles. The normalized spacial score (nSPS) is 27.9. The van der Waals surface area contributed by atoms with Gasteiger partial charge in [0.25, 0.3) is 0 Å². The van der Waals surface area contributed by atoms with Gasteiger partial charge in [-0.15, -0.1) is 11.8 Å². The lowest BCUT2D eigenvalue weighted by Crippen LogP contribution is -2.54. The predicted octanol–water partition coefficient (Wildman–Crippen LogP) is 0.314. The average molecular weight is 261 g/mol. The molecule has 1 N–H and O–H groups in total.